The van der Waals surface area contributed by atoms with E-state index in [-0.39, 0.29) is 0 Å². The zero-order valence-electron chi connectivity index (χ0n) is 16.5. The van der Waals surface area contributed by atoms with Gasteiger partial charge in [0.1, 0.15) is 18.0 Å². The van der Waals surface area contributed by atoms with Gasteiger partial charge in [0.25, 0.3) is 0 Å². The molecule has 7 heteroatoms. The number of hydrogen-bond donors (Lipinski definition) is 2. The van der Waals surface area contributed by atoms with E-state index >= 15 is 0 Å². The van der Waals surface area contributed by atoms with Crippen LogP contribution in [-0.4, -0.2) is 34.2 Å². The predicted octanol–water partition coefficient (Wildman–Crippen LogP) is 4.93. The molecule has 0 unspecified atom stereocenters. The van der Waals surface area contributed by atoms with Gasteiger partial charge >= 0.3 is 0 Å². The summed E-state index contributed by atoms with van der Waals surface area (Å²) >= 11 is 0. The number of aromatic nitrogens is 4. The van der Waals surface area contributed by atoms with Gasteiger partial charge in [-0.3, -0.25) is 0 Å². The maximum Gasteiger partial charge on any atom is 0.162 e. The minimum absolute atomic E-state index is 0.623. The van der Waals surface area contributed by atoms with Gasteiger partial charge < -0.3 is 19.8 Å². The van der Waals surface area contributed by atoms with Crippen LogP contribution in [-0.2, 0) is 0 Å². The van der Waals surface area contributed by atoms with Gasteiger partial charge in [-0.1, -0.05) is 30.3 Å². The molecule has 0 radical (unpaired) electrons. The van der Waals surface area contributed by atoms with Crippen molar-refractivity contribution < 1.29 is 9.47 Å². The van der Waals surface area contributed by atoms with Crippen LogP contribution in [0.1, 0.15) is 0 Å². The Labute approximate surface area is 172 Å². The first-order valence-electron chi connectivity index (χ1n) is 9.44. The lowest BCUT2D eigenvalue weighted by Crippen LogP contribution is -1.98. The van der Waals surface area contributed by atoms with Gasteiger partial charge in [0, 0.05) is 22.7 Å². The van der Waals surface area contributed by atoms with Crippen LogP contribution in [0.4, 0.5) is 11.5 Å². The molecule has 0 bridgehead atoms. The van der Waals surface area contributed by atoms with Gasteiger partial charge in [-0.2, -0.15) is 0 Å². The maximum absolute atomic E-state index is 5.43. The van der Waals surface area contributed by atoms with Gasteiger partial charge in [-0.25, -0.2) is 15.0 Å². The van der Waals surface area contributed by atoms with Crippen molar-refractivity contribution in [2.24, 2.45) is 0 Å². The van der Waals surface area contributed by atoms with Crippen LogP contribution < -0.4 is 14.8 Å². The Morgan fingerprint density at radius 1 is 0.833 bits per heavy atom. The summed E-state index contributed by atoms with van der Waals surface area (Å²) in [6.45, 7) is 0. The minimum Gasteiger partial charge on any atom is -0.493 e. The summed E-state index contributed by atoms with van der Waals surface area (Å²) in [7, 11) is 3.21. The molecule has 5 aromatic rings. The number of hydrogen-bond acceptors (Lipinski definition) is 6. The Morgan fingerprint density at radius 3 is 2.43 bits per heavy atom. The smallest absolute Gasteiger partial charge is 0.162 e. The molecule has 2 aromatic heterocycles. The fourth-order valence-corrected chi connectivity index (χ4v) is 3.44. The van der Waals surface area contributed by atoms with E-state index in [4.69, 9.17) is 14.5 Å². The van der Waals surface area contributed by atoms with E-state index in [0.717, 1.165) is 39.0 Å². The normalized spacial score (nSPS) is 11.0. The van der Waals surface area contributed by atoms with E-state index in [1.165, 1.54) is 6.33 Å². The number of methoxy groups -OCH3 is 2. The molecule has 0 aliphatic heterocycles. The van der Waals surface area contributed by atoms with E-state index in [9.17, 15) is 0 Å². The standard InChI is InChI=1S/C23H19N5O2/c1-29-20-11-16-18(12-21(20)30-2)24-13-25-23(16)26-15-8-9-17-19(10-15)28-22(27-17)14-6-4-3-5-7-14/h3-13H,1-2H3,(H,27,28)(H,24,25,26). The van der Waals surface area contributed by atoms with Crippen LogP contribution in [0.25, 0.3) is 33.3 Å². The van der Waals surface area contributed by atoms with Crippen molar-refractivity contribution in [3.05, 3.63) is 67.0 Å². The number of imidazole rings is 1. The van der Waals surface area contributed by atoms with Crippen LogP contribution in [0, 0.1) is 0 Å². The largest absolute Gasteiger partial charge is 0.493 e. The Bertz CT molecular complexity index is 1350. The van der Waals surface area contributed by atoms with E-state index in [0.29, 0.717) is 17.3 Å². The molecule has 2 N–H and O–H groups in total. The van der Waals surface area contributed by atoms with E-state index < -0.39 is 0 Å². The van der Waals surface area contributed by atoms with Crippen molar-refractivity contribution in [1.82, 2.24) is 19.9 Å². The van der Waals surface area contributed by atoms with Crippen molar-refractivity contribution >= 4 is 33.4 Å². The number of aromatic amines is 1. The van der Waals surface area contributed by atoms with E-state index in [1.54, 1.807) is 14.2 Å². The molecule has 0 amide bonds. The molecule has 3 aromatic carbocycles. The third kappa shape index (κ3) is 3.16. The summed E-state index contributed by atoms with van der Waals surface area (Å²) in [5, 5.41) is 4.21. The number of anilines is 2. The number of nitrogens with zero attached hydrogens (tertiary/aromatic N) is 3. The first-order valence-corrected chi connectivity index (χ1v) is 9.44. The van der Waals surface area contributed by atoms with Gasteiger partial charge in [0.2, 0.25) is 0 Å². The topological polar surface area (TPSA) is 85.0 Å². The fourth-order valence-electron chi connectivity index (χ4n) is 3.44. The molecule has 5 rings (SSSR count). The van der Waals surface area contributed by atoms with E-state index in [2.05, 4.69) is 20.3 Å². The van der Waals surface area contributed by atoms with Crippen LogP contribution in [0.3, 0.4) is 0 Å². The molecule has 0 atom stereocenters. The van der Waals surface area contributed by atoms with Gasteiger partial charge in [0.15, 0.2) is 11.5 Å². The zero-order valence-corrected chi connectivity index (χ0v) is 16.5. The number of nitrogens with one attached hydrogen (secondary N) is 2. The first kappa shape index (κ1) is 17.9. The van der Waals surface area contributed by atoms with Crippen molar-refractivity contribution in [1.29, 1.82) is 0 Å². The molecule has 0 saturated carbocycles. The Kier molecular flexibility index (Phi) is 4.40. The fraction of sp³-hybridized carbons (Fsp3) is 0.0870. The highest BCUT2D eigenvalue weighted by Crippen LogP contribution is 2.34. The molecular weight excluding hydrogens is 378 g/mol. The molecule has 0 spiro atoms. The molecule has 148 valence electrons. The molecule has 2 heterocycles. The Balaban J connectivity index is 1.53. The van der Waals surface area contributed by atoms with Crippen LogP contribution >= 0.6 is 0 Å². The van der Waals surface area contributed by atoms with Crippen LogP contribution in [0.2, 0.25) is 0 Å². The first-order chi connectivity index (χ1) is 14.7. The molecule has 0 aliphatic rings. The van der Waals surface area contributed by atoms with Crippen molar-refractivity contribution in [3.8, 4) is 22.9 Å². The highest BCUT2D eigenvalue weighted by atomic mass is 16.5. The summed E-state index contributed by atoms with van der Waals surface area (Å²) in [5.41, 5.74) is 4.53. The number of rotatable bonds is 5. The molecule has 0 fully saturated rings. The van der Waals surface area contributed by atoms with E-state index in [1.807, 2.05) is 60.7 Å². The van der Waals surface area contributed by atoms with Crippen molar-refractivity contribution in [3.63, 3.8) is 0 Å². The predicted molar refractivity (Wildman–Crippen MR) is 117 cm³/mol. The molecule has 0 saturated heterocycles. The summed E-state index contributed by atoms with van der Waals surface area (Å²) in [6.07, 6.45) is 1.52. The third-order valence-corrected chi connectivity index (χ3v) is 4.93. The average Bonchev–Trinajstić information content (AvgIpc) is 3.22. The van der Waals surface area contributed by atoms with Crippen molar-refractivity contribution in [2.45, 2.75) is 0 Å². The number of ether oxygens (including phenoxy) is 2. The quantitative estimate of drug-likeness (QED) is 0.437. The molecule has 30 heavy (non-hydrogen) atoms. The summed E-state index contributed by atoms with van der Waals surface area (Å²) in [6, 6.07) is 19.8. The lowest BCUT2D eigenvalue weighted by molar-refractivity contribution is 0.356. The number of benzene rings is 3. The lowest BCUT2D eigenvalue weighted by Gasteiger charge is -2.12. The number of fused-ring (bicyclic) bond motifs is 2. The summed E-state index contributed by atoms with van der Waals surface area (Å²) < 4.78 is 10.8. The molecule has 7 nitrogen and oxygen atoms in total. The number of H-pyrrole nitrogens is 1. The minimum atomic E-state index is 0.623. The third-order valence-electron chi connectivity index (χ3n) is 4.93. The summed E-state index contributed by atoms with van der Waals surface area (Å²) in [4.78, 5) is 16.9. The maximum atomic E-state index is 5.43. The second-order valence-electron chi connectivity index (χ2n) is 6.75. The highest BCUT2D eigenvalue weighted by Gasteiger charge is 2.12. The monoisotopic (exact) mass is 397 g/mol. The van der Waals surface area contributed by atoms with Gasteiger partial charge in [-0.15, -0.1) is 0 Å². The molecular formula is C23H19N5O2. The Hall–Kier alpha value is -4.13. The van der Waals surface area contributed by atoms with Crippen molar-refractivity contribution in [2.75, 3.05) is 19.5 Å². The van der Waals surface area contributed by atoms with Crippen LogP contribution in [0.15, 0.2) is 67.0 Å². The Morgan fingerprint density at radius 2 is 1.63 bits per heavy atom. The highest BCUT2D eigenvalue weighted by molar-refractivity contribution is 5.94. The molecule has 0 aliphatic carbocycles. The second kappa shape index (κ2) is 7.36. The van der Waals surface area contributed by atoms with Crippen LogP contribution in [0.5, 0.6) is 11.5 Å². The second-order valence-corrected chi connectivity index (χ2v) is 6.75. The van der Waals surface area contributed by atoms with Gasteiger partial charge in [-0.05, 0) is 24.3 Å². The SMILES string of the molecule is COc1cc2ncnc(Nc3ccc4[nH]c(-c5ccccc5)nc4c3)c2cc1OC. The zero-order chi connectivity index (χ0) is 20.5. The van der Waals surface area contributed by atoms with Gasteiger partial charge in [0.05, 0.1) is 30.8 Å². The average molecular weight is 397 g/mol. The summed E-state index contributed by atoms with van der Waals surface area (Å²) in [5.74, 6) is 2.77. The lowest BCUT2D eigenvalue weighted by atomic mass is 10.2.